The van der Waals surface area contributed by atoms with Crippen molar-refractivity contribution in [2.45, 2.75) is 19.6 Å². The molecule has 0 saturated heterocycles. The number of alkyl halides is 3. The molecule has 0 aliphatic rings. The Labute approximate surface area is 108 Å². The lowest BCUT2D eigenvalue weighted by atomic mass is 10.2. The number of halogens is 3. The first-order chi connectivity index (χ1) is 8.93. The molecule has 7 heteroatoms. The molecule has 4 nitrogen and oxygen atoms in total. The normalized spacial score (nSPS) is 11.8. The average molecular weight is 270 g/mol. The van der Waals surface area contributed by atoms with Gasteiger partial charge in [-0.05, 0) is 26.1 Å². The fourth-order valence-corrected chi connectivity index (χ4v) is 1.72. The zero-order valence-electron chi connectivity index (χ0n) is 10.5. The zero-order valence-corrected chi connectivity index (χ0v) is 10.5. The molecule has 2 rings (SSSR count). The maximum atomic E-state index is 12.4. The quantitative estimate of drug-likeness (QED) is 0.930. The first kappa shape index (κ1) is 13.5. The molecule has 2 aromatic heterocycles. The predicted octanol–water partition coefficient (Wildman–Crippen LogP) is 2.31. The topological polar surface area (TPSA) is 42.7 Å². The Balaban J connectivity index is 2.32. The second-order valence-electron chi connectivity index (χ2n) is 4.10. The summed E-state index contributed by atoms with van der Waals surface area (Å²) in [7, 11) is 1.81. The number of hydrogen-bond donors (Lipinski definition) is 1. The van der Waals surface area contributed by atoms with Crippen LogP contribution >= 0.6 is 0 Å². The molecule has 0 bridgehead atoms. The van der Waals surface area contributed by atoms with Crippen molar-refractivity contribution in [3.8, 4) is 5.82 Å². The lowest BCUT2D eigenvalue weighted by Gasteiger charge is -2.08. The van der Waals surface area contributed by atoms with Crippen molar-refractivity contribution in [3.63, 3.8) is 0 Å². The van der Waals surface area contributed by atoms with E-state index < -0.39 is 11.7 Å². The van der Waals surface area contributed by atoms with E-state index in [0.717, 1.165) is 23.5 Å². The summed E-state index contributed by atoms with van der Waals surface area (Å²) in [5, 5.41) is 7.13. The van der Waals surface area contributed by atoms with Crippen LogP contribution < -0.4 is 5.32 Å². The van der Waals surface area contributed by atoms with Crippen LogP contribution in [0.5, 0.6) is 0 Å². The van der Waals surface area contributed by atoms with Gasteiger partial charge in [-0.2, -0.15) is 18.3 Å². The fraction of sp³-hybridized carbons (Fsp3) is 0.333. The van der Waals surface area contributed by atoms with Crippen molar-refractivity contribution in [1.29, 1.82) is 0 Å². The molecule has 0 aromatic carbocycles. The zero-order chi connectivity index (χ0) is 14.0. The third-order valence-electron chi connectivity index (χ3n) is 2.77. The molecule has 19 heavy (non-hydrogen) atoms. The second-order valence-corrected chi connectivity index (χ2v) is 4.10. The Morgan fingerprint density at radius 1 is 1.26 bits per heavy atom. The van der Waals surface area contributed by atoms with Crippen molar-refractivity contribution in [3.05, 3.63) is 41.3 Å². The van der Waals surface area contributed by atoms with E-state index in [4.69, 9.17) is 0 Å². The number of nitrogens with one attached hydrogen (secondary N) is 1. The monoisotopic (exact) mass is 270 g/mol. The summed E-state index contributed by atoms with van der Waals surface area (Å²) in [5.74, 6) is 0.368. The summed E-state index contributed by atoms with van der Waals surface area (Å²) in [4.78, 5) is 3.81. The lowest BCUT2D eigenvalue weighted by molar-refractivity contribution is -0.137. The van der Waals surface area contributed by atoms with E-state index >= 15 is 0 Å². The van der Waals surface area contributed by atoms with Gasteiger partial charge in [0.25, 0.3) is 0 Å². The van der Waals surface area contributed by atoms with Gasteiger partial charge in [0.15, 0.2) is 5.82 Å². The molecule has 0 unspecified atom stereocenters. The molecular formula is C12H13F3N4. The standard InChI is InChI=1S/C12H13F3N4/c1-8-9(5-16-2)6-18-19(8)11-4-3-10(7-17-11)12(13,14)15/h3-4,6-7,16H,5H2,1-2H3. The molecule has 0 fully saturated rings. The molecule has 0 saturated carbocycles. The molecule has 0 aliphatic carbocycles. The molecule has 1 N–H and O–H groups in total. The minimum absolute atomic E-state index is 0.368. The molecule has 0 amide bonds. The molecule has 0 atom stereocenters. The number of nitrogens with zero attached hydrogens (tertiary/aromatic N) is 3. The van der Waals surface area contributed by atoms with E-state index in [1.807, 2.05) is 14.0 Å². The first-order valence-electron chi connectivity index (χ1n) is 5.65. The van der Waals surface area contributed by atoms with Crippen LogP contribution in [0.3, 0.4) is 0 Å². The third-order valence-corrected chi connectivity index (χ3v) is 2.77. The van der Waals surface area contributed by atoms with Crippen LogP contribution in [0.25, 0.3) is 5.82 Å². The molecule has 2 heterocycles. The van der Waals surface area contributed by atoms with Gasteiger partial charge < -0.3 is 5.32 Å². The summed E-state index contributed by atoms with van der Waals surface area (Å²) in [6, 6.07) is 2.31. The number of aromatic nitrogens is 3. The molecule has 0 radical (unpaired) electrons. The highest BCUT2D eigenvalue weighted by molar-refractivity contribution is 5.30. The third kappa shape index (κ3) is 2.76. The van der Waals surface area contributed by atoms with E-state index in [2.05, 4.69) is 15.4 Å². The van der Waals surface area contributed by atoms with Gasteiger partial charge in [0.1, 0.15) is 0 Å². The highest BCUT2D eigenvalue weighted by atomic mass is 19.4. The molecule has 0 aliphatic heterocycles. The summed E-state index contributed by atoms with van der Waals surface area (Å²) in [6.07, 6.45) is -1.89. The Morgan fingerprint density at radius 3 is 2.53 bits per heavy atom. The van der Waals surface area contributed by atoms with Gasteiger partial charge in [0, 0.05) is 24.0 Å². The van der Waals surface area contributed by atoms with Gasteiger partial charge in [-0.3, -0.25) is 0 Å². The molecular weight excluding hydrogens is 257 g/mol. The van der Waals surface area contributed by atoms with Gasteiger partial charge in [-0.15, -0.1) is 0 Å². The number of hydrogen-bond acceptors (Lipinski definition) is 3. The maximum absolute atomic E-state index is 12.4. The van der Waals surface area contributed by atoms with Crippen molar-refractivity contribution in [2.24, 2.45) is 0 Å². The summed E-state index contributed by atoms with van der Waals surface area (Å²) >= 11 is 0. The van der Waals surface area contributed by atoms with E-state index in [1.165, 1.54) is 10.7 Å². The van der Waals surface area contributed by atoms with Crippen molar-refractivity contribution < 1.29 is 13.2 Å². The van der Waals surface area contributed by atoms with Gasteiger partial charge >= 0.3 is 6.18 Å². The SMILES string of the molecule is CNCc1cnn(-c2ccc(C(F)(F)F)cn2)c1C. The minimum Gasteiger partial charge on any atom is -0.316 e. The van der Waals surface area contributed by atoms with Crippen molar-refractivity contribution in [2.75, 3.05) is 7.05 Å². The molecule has 2 aromatic rings. The van der Waals surface area contributed by atoms with Crippen LogP contribution in [-0.4, -0.2) is 21.8 Å². The maximum Gasteiger partial charge on any atom is 0.417 e. The highest BCUT2D eigenvalue weighted by Crippen LogP contribution is 2.28. The van der Waals surface area contributed by atoms with Crippen LogP contribution in [-0.2, 0) is 12.7 Å². The van der Waals surface area contributed by atoms with Crippen molar-refractivity contribution in [1.82, 2.24) is 20.1 Å². The Morgan fingerprint density at radius 2 is 2.00 bits per heavy atom. The van der Waals surface area contributed by atoms with Crippen LogP contribution in [0.2, 0.25) is 0 Å². The summed E-state index contributed by atoms with van der Waals surface area (Å²) < 4.78 is 38.8. The number of rotatable bonds is 3. The van der Waals surface area contributed by atoms with Crippen LogP contribution in [0.15, 0.2) is 24.5 Å². The van der Waals surface area contributed by atoms with Gasteiger partial charge in [-0.1, -0.05) is 0 Å². The number of pyridine rings is 1. The van der Waals surface area contributed by atoms with E-state index in [1.54, 1.807) is 6.20 Å². The van der Waals surface area contributed by atoms with Crippen LogP contribution in [0.4, 0.5) is 13.2 Å². The van der Waals surface area contributed by atoms with E-state index in [0.29, 0.717) is 12.4 Å². The van der Waals surface area contributed by atoms with E-state index in [-0.39, 0.29) is 0 Å². The average Bonchev–Trinajstić information content (AvgIpc) is 2.71. The van der Waals surface area contributed by atoms with Gasteiger partial charge in [0.2, 0.25) is 0 Å². The van der Waals surface area contributed by atoms with Crippen LogP contribution in [0, 0.1) is 6.92 Å². The van der Waals surface area contributed by atoms with Crippen molar-refractivity contribution >= 4 is 0 Å². The highest BCUT2D eigenvalue weighted by Gasteiger charge is 2.30. The Bertz CT molecular complexity index is 557. The summed E-state index contributed by atoms with van der Waals surface area (Å²) in [6.45, 7) is 2.49. The first-order valence-corrected chi connectivity index (χ1v) is 5.65. The van der Waals surface area contributed by atoms with E-state index in [9.17, 15) is 13.2 Å². The predicted molar refractivity (Wildman–Crippen MR) is 63.9 cm³/mol. The fourth-order valence-electron chi connectivity index (χ4n) is 1.72. The minimum atomic E-state index is -4.37. The molecule has 102 valence electrons. The molecule has 0 spiro atoms. The Kier molecular flexibility index (Phi) is 3.57. The Hall–Kier alpha value is -1.89. The smallest absolute Gasteiger partial charge is 0.316 e. The summed E-state index contributed by atoms with van der Waals surface area (Å²) in [5.41, 5.74) is 1.06. The van der Waals surface area contributed by atoms with Gasteiger partial charge in [0.05, 0.1) is 11.8 Å². The van der Waals surface area contributed by atoms with Crippen LogP contribution in [0.1, 0.15) is 16.8 Å². The van der Waals surface area contributed by atoms with Gasteiger partial charge in [-0.25, -0.2) is 9.67 Å². The second kappa shape index (κ2) is 5.00. The largest absolute Gasteiger partial charge is 0.417 e. The lowest BCUT2D eigenvalue weighted by Crippen LogP contribution is -2.09.